The zero-order valence-electron chi connectivity index (χ0n) is 23.8. The van der Waals surface area contributed by atoms with Gasteiger partial charge in [0.1, 0.15) is 19.3 Å². The number of carbonyl (C=O) groups excluding carboxylic acids is 2. The van der Waals surface area contributed by atoms with Crippen molar-refractivity contribution in [2.24, 2.45) is 5.41 Å². The minimum absolute atomic E-state index is 0.00840. The standard InChI is InChI=1S/C33H38N2O6/c1-22(36)33(2)21-35(31(37)18-34-32(38)40-20-23-9-5-4-6-10-23)19-28(33)26-13-14-29(39-3)30(17-26)41-27-15-24-11-7-8-12-25(24)16-27/h4-14,17,22,27-28,36H,15-16,18-21H2,1-3H3,(H,34,38). The Kier molecular flexibility index (Phi) is 8.49. The lowest BCUT2D eigenvalue weighted by Gasteiger charge is -2.34. The summed E-state index contributed by atoms with van der Waals surface area (Å²) in [6.07, 6.45) is 0.351. The Hall–Kier alpha value is -4.04. The van der Waals surface area contributed by atoms with Gasteiger partial charge in [0, 0.05) is 37.3 Å². The normalized spacial score (nSPS) is 20.8. The van der Waals surface area contributed by atoms with Crippen LogP contribution in [0.2, 0.25) is 0 Å². The van der Waals surface area contributed by atoms with Gasteiger partial charge in [0.05, 0.1) is 13.2 Å². The molecule has 3 aromatic rings. The number of rotatable bonds is 9. The lowest BCUT2D eigenvalue weighted by Crippen LogP contribution is -2.41. The summed E-state index contributed by atoms with van der Waals surface area (Å²) in [5.74, 6) is 0.922. The molecule has 41 heavy (non-hydrogen) atoms. The van der Waals surface area contributed by atoms with Crippen molar-refractivity contribution in [1.82, 2.24) is 10.2 Å². The minimum Gasteiger partial charge on any atom is -0.493 e. The molecule has 2 N–H and O–H groups in total. The highest BCUT2D eigenvalue weighted by molar-refractivity contribution is 5.82. The quantitative estimate of drug-likeness (QED) is 0.402. The van der Waals surface area contributed by atoms with E-state index in [1.165, 1.54) is 11.1 Å². The van der Waals surface area contributed by atoms with E-state index in [-0.39, 0.29) is 31.1 Å². The van der Waals surface area contributed by atoms with Gasteiger partial charge in [-0.05, 0) is 41.3 Å². The van der Waals surface area contributed by atoms with E-state index in [1.807, 2.05) is 55.5 Å². The van der Waals surface area contributed by atoms with Crippen molar-refractivity contribution in [3.8, 4) is 11.5 Å². The number of hydrogen-bond acceptors (Lipinski definition) is 6. The van der Waals surface area contributed by atoms with Crippen LogP contribution in [0.25, 0.3) is 0 Å². The average Bonchev–Trinajstić information content (AvgIpc) is 3.56. The van der Waals surface area contributed by atoms with Gasteiger partial charge in [-0.15, -0.1) is 0 Å². The first-order valence-electron chi connectivity index (χ1n) is 14.1. The molecule has 5 rings (SSSR count). The van der Waals surface area contributed by atoms with Gasteiger partial charge in [-0.25, -0.2) is 4.79 Å². The molecule has 2 amide bonds. The van der Waals surface area contributed by atoms with Crippen LogP contribution >= 0.6 is 0 Å². The second-order valence-electron chi connectivity index (χ2n) is 11.3. The van der Waals surface area contributed by atoms with Crippen LogP contribution in [0.3, 0.4) is 0 Å². The predicted molar refractivity (Wildman–Crippen MR) is 155 cm³/mol. The summed E-state index contributed by atoms with van der Waals surface area (Å²) in [5, 5.41) is 13.4. The summed E-state index contributed by atoms with van der Waals surface area (Å²) >= 11 is 0. The fraction of sp³-hybridized carbons (Fsp3) is 0.394. The molecule has 8 heteroatoms. The summed E-state index contributed by atoms with van der Waals surface area (Å²) in [5.41, 5.74) is 3.84. The first-order valence-corrected chi connectivity index (χ1v) is 14.1. The van der Waals surface area contributed by atoms with Gasteiger partial charge in [-0.2, -0.15) is 0 Å². The summed E-state index contributed by atoms with van der Waals surface area (Å²) in [6, 6.07) is 23.6. The molecule has 8 nitrogen and oxygen atoms in total. The molecule has 0 aromatic heterocycles. The van der Waals surface area contributed by atoms with Crippen molar-refractivity contribution in [3.05, 3.63) is 95.1 Å². The molecule has 0 saturated carbocycles. The highest BCUT2D eigenvalue weighted by Gasteiger charge is 2.48. The van der Waals surface area contributed by atoms with Gasteiger partial charge in [0.15, 0.2) is 11.5 Å². The molecule has 1 heterocycles. The molecule has 0 spiro atoms. The monoisotopic (exact) mass is 558 g/mol. The van der Waals surface area contributed by atoms with Gasteiger partial charge < -0.3 is 29.5 Å². The molecule has 3 unspecified atom stereocenters. The summed E-state index contributed by atoms with van der Waals surface area (Å²) in [6.45, 7) is 4.46. The first-order chi connectivity index (χ1) is 19.8. The zero-order chi connectivity index (χ0) is 29.0. The number of ether oxygens (including phenoxy) is 3. The molecule has 3 aromatic carbocycles. The van der Waals surface area contributed by atoms with Crippen molar-refractivity contribution in [1.29, 1.82) is 0 Å². The summed E-state index contributed by atoms with van der Waals surface area (Å²) in [4.78, 5) is 27.0. The van der Waals surface area contributed by atoms with Gasteiger partial charge in [-0.1, -0.05) is 67.6 Å². The van der Waals surface area contributed by atoms with Gasteiger partial charge in [0.25, 0.3) is 0 Å². The molecule has 1 aliphatic carbocycles. The lowest BCUT2D eigenvalue weighted by molar-refractivity contribution is -0.129. The predicted octanol–water partition coefficient (Wildman–Crippen LogP) is 4.48. The Morgan fingerprint density at radius 2 is 1.71 bits per heavy atom. The van der Waals surface area contributed by atoms with E-state index in [1.54, 1.807) is 18.9 Å². The molecule has 216 valence electrons. The van der Waals surface area contributed by atoms with E-state index in [9.17, 15) is 14.7 Å². The minimum atomic E-state index is -0.676. The van der Waals surface area contributed by atoms with E-state index < -0.39 is 17.6 Å². The van der Waals surface area contributed by atoms with Gasteiger partial charge >= 0.3 is 6.09 Å². The van der Waals surface area contributed by atoms with Crippen molar-refractivity contribution >= 4 is 12.0 Å². The SMILES string of the molecule is COc1ccc(C2CN(C(=O)CNC(=O)OCc3ccccc3)CC2(C)C(C)O)cc1OC1Cc2ccccc2C1. The van der Waals surface area contributed by atoms with Crippen molar-refractivity contribution in [2.45, 2.75) is 51.4 Å². The second kappa shape index (κ2) is 12.2. The van der Waals surface area contributed by atoms with Gasteiger partial charge in [-0.3, -0.25) is 4.79 Å². The van der Waals surface area contributed by atoms with E-state index in [2.05, 4.69) is 29.6 Å². The number of fused-ring (bicyclic) bond motifs is 1. The molecule has 0 bridgehead atoms. The number of aliphatic hydroxyl groups is 1. The number of nitrogens with one attached hydrogen (secondary N) is 1. The number of hydrogen-bond donors (Lipinski definition) is 2. The molecule has 2 aliphatic rings. The third-order valence-electron chi connectivity index (χ3n) is 8.53. The Balaban J connectivity index is 1.25. The molecule has 3 atom stereocenters. The number of carbonyl (C=O) groups is 2. The van der Waals surface area contributed by atoms with Gasteiger partial charge in [0.2, 0.25) is 5.91 Å². The fourth-order valence-electron chi connectivity index (χ4n) is 5.93. The van der Waals surface area contributed by atoms with Crippen LogP contribution < -0.4 is 14.8 Å². The maximum Gasteiger partial charge on any atom is 0.407 e. The number of alkyl carbamates (subject to hydrolysis) is 1. The van der Waals surface area contributed by atoms with Crippen molar-refractivity contribution in [3.63, 3.8) is 0 Å². The van der Waals surface area contributed by atoms with Crippen LogP contribution in [0, 0.1) is 5.41 Å². The zero-order valence-corrected chi connectivity index (χ0v) is 23.8. The number of methoxy groups -OCH3 is 1. The van der Waals surface area contributed by atoms with Crippen LogP contribution in [0.4, 0.5) is 4.79 Å². The van der Waals surface area contributed by atoms with Crippen LogP contribution in [0.1, 0.15) is 42.0 Å². The Morgan fingerprint density at radius 3 is 2.37 bits per heavy atom. The highest BCUT2D eigenvalue weighted by Crippen LogP contribution is 2.47. The van der Waals surface area contributed by atoms with Crippen LogP contribution in [-0.2, 0) is 29.0 Å². The smallest absolute Gasteiger partial charge is 0.407 e. The number of amides is 2. The maximum atomic E-state index is 13.1. The van der Waals surface area contributed by atoms with Crippen molar-refractivity contribution in [2.75, 3.05) is 26.7 Å². The Bertz CT molecular complexity index is 1350. The summed E-state index contributed by atoms with van der Waals surface area (Å²) < 4.78 is 17.3. The lowest BCUT2D eigenvalue weighted by atomic mass is 9.72. The van der Waals surface area contributed by atoms with Crippen LogP contribution in [0.15, 0.2) is 72.8 Å². The molecular formula is C33H38N2O6. The molecule has 1 aliphatic heterocycles. The number of benzene rings is 3. The number of aliphatic hydroxyl groups excluding tert-OH is 1. The molecule has 0 radical (unpaired) electrons. The molecule has 1 fully saturated rings. The van der Waals surface area contributed by atoms with Crippen LogP contribution in [0.5, 0.6) is 11.5 Å². The Morgan fingerprint density at radius 1 is 1.02 bits per heavy atom. The summed E-state index contributed by atoms with van der Waals surface area (Å²) in [7, 11) is 1.62. The van der Waals surface area contributed by atoms with Crippen molar-refractivity contribution < 1.29 is 28.9 Å². The number of likely N-dealkylation sites (tertiary alicyclic amines) is 1. The fourth-order valence-corrected chi connectivity index (χ4v) is 5.93. The topological polar surface area (TPSA) is 97.3 Å². The third kappa shape index (κ3) is 6.33. The third-order valence-corrected chi connectivity index (χ3v) is 8.53. The maximum absolute atomic E-state index is 13.1. The van der Waals surface area contributed by atoms with E-state index >= 15 is 0 Å². The Labute approximate surface area is 241 Å². The van der Waals surface area contributed by atoms with Crippen LogP contribution in [-0.4, -0.2) is 61.0 Å². The van der Waals surface area contributed by atoms with E-state index in [4.69, 9.17) is 14.2 Å². The second-order valence-corrected chi connectivity index (χ2v) is 11.3. The van der Waals surface area contributed by atoms with E-state index in [0.717, 1.165) is 24.0 Å². The average molecular weight is 559 g/mol. The largest absolute Gasteiger partial charge is 0.493 e. The molecule has 1 saturated heterocycles. The van der Waals surface area contributed by atoms with E-state index in [0.29, 0.717) is 24.6 Å². The highest BCUT2D eigenvalue weighted by atomic mass is 16.5. The first kappa shape index (κ1) is 28.5. The molecular weight excluding hydrogens is 520 g/mol. The number of nitrogens with zero attached hydrogens (tertiary/aromatic N) is 1.